The van der Waals surface area contributed by atoms with Gasteiger partial charge in [0.15, 0.2) is 5.82 Å². The molecule has 15 heavy (non-hydrogen) atoms. The Morgan fingerprint density at radius 2 is 1.93 bits per heavy atom. The van der Waals surface area contributed by atoms with Crippen molar-refractivity contribution < 1.29 is 4.39 Å². The highest BCUT2D eigenvalue weighted by molar-refractivity contribution is 5.32. The summed E-state index contributed by atoms with van der Waals surface area (Å²) in [7, 11) is 0. The molecule has 1 aromatic heterocycles. The minimum atomic E-state index is -0.250. The summed E-state index contributed by atoms with van der Waals surface area (Å²) in [6.07, 6.45) is 2.28. The highest BCUT2D eigenvalue weighted by Crippen LogP contribution is 2.39. The Balaban J connectivity index is 2.04. The van der Waals surface area contributed by atoms with Gasteiger partial charge in [-0.15, -0.1) is 5.10 Å². The highest BCUT2D eigenvalue weighted by Gasteiger charge is 2.29. The Hall–Kier alpha value is -1.78. The van der Waals surface area contributed by atoms with Crippen molar-refractivity contribution in [2.75, 3.05) is 0 Å². The molecule has 1 aromatic carbocycles. The van der Waals surface area contributed by atoms with Gasteiger partial charge >= 0.3 is 0 Å². The van der Waals surface area contributed by atoms with Gasteiger partial charge in [0.05, 0.1) is 5.69 Å². The molecule has 0 radical (unpaired) electrons. The summed E-state index contributed by atoms with van der Waals surface area (Å²) in [4.78, 5) is 0. The maximum atomic E-state index is 12.7. The second-order valence-electron chi connectivity index (χ2n) is 3.70. The van der Waals surface area contributed by atoms with Crippen LogP contribution in [0.1, 0.15) is 24.6 Å². The first kappa shape index (κ1) is 8.52. The SMILES string of the molecule is Fc1ccc(-n2nnnc2C2CC2)cc1. The van der Waals surface area contributed by atoms with Crippen molar-refractivity contribution in [2.24, 2.45) is 0 Å². The number of hydrogen-bond acceptors (Lipinski definition) is 3. The summed E-state index contributed by atoms with van der Waals surface area (Å²) in [6, 6.07) is 6.18. The lowest BCUT2D eigenvalue weighted by Crippen LogP contribution is -2.01. The van der Waals surface area contributed by atoms with Gasteiger partial charge in [0.2, 0.25) is 0 Å². The summed E-state index contributed by atoms with van der Waals surface area (Å²) >= 11 is 0. The van der Waals surface area contributed by atoms with E-state index in [-0.39, 0.29) is 5.82 Å². The van der Waals surface area contributed by atoms with Crippen molar-refractivity contribution in [1.82, 2.24) is 20.2 Å². The summed E-state index contributed by atoms with van der Waals surface area (Å²) < 4.78 is 14.4. The molecule has 0 aliphatic heterocycles. The molecule has 1 fully saturated rings. The van der Waals surface area contributed by atoms with Crippen molar-refractivity contribution in [2.45, 2.75) is 18.8 Å². The molecule has 0 atom stereocenters. The van der Waals surface area contributed by atoms with E-state index in [0.29, 0.717) is 5.92 Å². The topological polar surface area (TPSA) is 43.6 Å². The van der Waals surface area contributed by atoms with Crippen molar-refractivity contribution in [3.05, 3.63) is 35.9 Å². The maximum Gasteiger partial charge on any atom is 0.159 e. The fourth-order valence-corrected chi connectivity index (χ4v) is 1.56. The van der Waals surface area contributed by atoms with E-state index in [2.05, 4.69) is 15.5 Å². The van der Waals surface area contributed by atoms with Gasteiger partial charge in [-0.2, -0.15) is 4.68 Å². The average molecular weight is 204 g/mol. The van der Waals surface area contributed by atoms with E-state index in [1.54, 1.807) is 16.8 Å². The van der Waals surface area contributed by atoms with Crippen LogP contribution in [0.3, 0.4) is 0 Å². The Morgan fingerprint density at radius 1 is 1.20 bits per heavy atom. The maximum absolute atomic E-state index is 12.7. The van der Waals surface area contributed by atoms with E-state index in [1.165, 1.54) is 12.1 Å². The van der Waals surface area contributed by atoms with E-state index in [9.17, 15) is 4.39 Å². The largest absolute Gasteiger partial charge is 0.207 e. The minimum Gasteiger partial charge on any atom is -0.207 e. The van der Waals surface area contributed by atoms with Crippen molar-refractivity contribution in [3.8, 4) is 5.69 Å². The van der Waals surface area contributed by atoms with Gasteiger partial charge in [0, 0.05) is 5.92 Å². The van der Waals surface area contributed by atoms with Crippen LogP contribution in [0.15, 0.2) is 24.3 Å². The Labute approximate surface area is 85.7 Å². The van der Waals surface area contributed by atoms with Crippen LogP contribution in [0.25, 0.3) is 5.69 Å². The predicted molar refractivity (Wildman–Crippen MR) is 51.1 cm³/mol. The molecule has 0 amide bonds. The van der Waals surface area contributed by atoms with Gasteiger partial charge in [0.25, 0.3) is 0 Å². The third kappa shape index (κ3) is 1.49. The number of rotatable bonds is 2. The molecule has 4 nitrogen and oxygen atoms in total. The highest BCUT2D eigenvalue weighted by atomic mass is 19.1. The number of hydrogen-bond donors (Lipinski definition) is 0. The van der Waals surface area contributed by atoms with E-state index < -0.39 is 0 Å². The molecule has 2 aromatic rings. The van der Waals surface area contributed by atoms with Crippen molar-refractivity contribution in [3.63, 3.8) is 0 Å². The third-order valence-corrected chi connectivity index (χ3v) is 2.51. The van der Waals surface area contributed by atoms with Crippen LogP contribution in [0.4, 0.5) is 4.39 Å². The second-order valence-corrected chi connectivity index (χ2v) is 3.70. The standard InChI is InChI=1S/C10H9FN4/c11-8-3-5-9(6-4-8)15-10(7-1-2-7)12-13-14-15/h3-7H,1-2H2. The Morgan fingerprint density at radius 3 is 2.60 bits per heavy atom. The summed E-state index contributed by atoms with van der Waals surface area (Å²) in [6.45, 7) is 0. The molecule has 0 bridgehead atoms. The van der Waals surface area contributed by atoms with Gasteiger partial charge in [-0.05, 0) is 47.5 Å². The minimum absolute atomic E-state index is 0.250. The van der Waals surface area contributed by atoms with Crippen LogP contribution in [0.5, 0.6) is 0 Å². The smallest absolute Gasteiger partial charge is 0.159 e. The fourth-order valence-electron chi connectivity index (χ4n) is 1.56. The first-order valence-corrected chi connectivity index (χ1v) is 4.89. The Kier molecular flexibility index (Phi) is 1.77. The number of benzene rings is 1. The first-order valence-electron chi connectivity index (χ1n) is 4.89. The molecular formula is C10H9FN4. The average Bonchev–Trinajstić information content (AvgIpc) is 2.98. The first-order chi connectivity index (χ1) is 7.34. The molecule has 76 valence electrons. The molecule has 0 N–H and O–H groups in total. The van der Waals surface area contributed by atoms with Gasteiger partial charge in [-0.1, -0.05) is 0 Å². The van der Waals surface area contributed by atoms with E-state index >= 15 is 0 Å². The van der Waals surface area contributed by atoms with Crippen LogP contribution in [0, 0.1) is 5.82 Å². The van der Waals surface area contributed by atoms with E-state index in [0.717, 1.165) is 24.4 Å². The second kappa shape index (κ2) is 3.12. The zero-order valence-electron chi connectivity index (χ0n) is 7.97. The van der Waals surface area contributed by atoms with Gasteiger partial charge in [-0.25, -0.2) is 4.39 Å². The Bertz CT molecular complexity index is 472. The summed E-state index contributed by atoms with van der Waals surface area (Å²) in [5, 5.41) is 11.5. The molecule has 0 spiro atoms. The molecule has 3 rings (SSSR count). The molecule has 1 aliphatic rings. The predicted octanol–water partition coefficient (Wildman–Crippen LogP) is 1.68. The van der Waals surface area contributed by atoms with E-state index in [4.69, 9.17) is 0 Å². The molecule has 0 unspecified atom stereocenters. The van der Waals surface area contributed by atoms with Crippen LogP contribution in [-0.4, -0.2) is 20.2 Å². The van der Waals surface area contributed by atoms with Gasteiger partial charge < -0.3 is 0 Å². The van der Waals surface area contributed by atoms with E-state index in [1.807, 2.05) is 0 Å². The molecule has 0 saturated heterocycles. The quantitative estimate of drug-likeness (QED) is 0.747. The summed E-state index contributed by atoms with van der Waals surface area (Å²) in [5.74, 6) is 1.10. The number of nitrogens with zero attached hydrogens (tertiary/aromatic N) is 4. The number of halogens is 1. The van der Waals surface area contributed by atoms with Crippen LogP contribution >= 0.6 is 0 Å². The lowest BCUT2D eigenvalue weighted by Gasteiger charge is -2.02. The van der Waals surface area contributed by atoms with Crippen molar-refractivity contribution in [1.29, 1.82) is 0 Å². The third-order valence-electron chi connectivity index (χ3n) is 2.51. The lowest BCUT2D eigenvalue weighted by atomic mass is 10.3. The van der Waals surface area contributed by atoms with Crippen molar-refractivity contribution >= 4 is 0 Å². The monoisotopic (exact) mass is 204 g/mol. The molecule has 1 saturated carbocycles. The lowest BCUT2D eigenvalue weighted by molar-refractivity contribution is 0.626. The molecule has 5 heteroatoms. The normalized spacial score (nSPS) is 15.5. The molecular weight excluding hydrogens is 195 g/mol. The van der Waals surface area contributed by atoms with Crippen LogP contribution < -0.4 is 0 Å². The zero-order valence-corrected chi connectivity index (χ0v) is 7.97. The van der Waals surface area contributed by atoms with Gasteiger partial charge in [-0.3, -0.25) is 0 Å². The van der Waals surface area contributed by atoms with Crippen LogP contribution in [-0.2, 0) is 0 Å². The van der Waals surface area contributed by atoms with Crippen LogP contribution in [0.2, 0.25) is 0 Å². The summed E-state index contributed by atoms with van der Waals surface area (Å²) in [5.41, 5.74) is 0.809. The zero-order chi connectivity index (χ0) is 10.3. The number of tetrazole rings is 1. The molecule has 1 aliphatic carbocycles. The molecule has 1 heterocycles. The number of aromatic nitrogens is 4. The fraction of sp³-hybridized carbons (Fsp3) is 0.300. The van der Waals surface area contributed by atoms with Gasteiger partial charge in [0.1, 0.15) is 5.82 Å².